The molecule has 3 aliphatic heterocycles. The lowest BCUT2D eigenvalue weighted by molar-refractivity contribution is -0.00783. The Morgan fingerprint density at radius 2 is 1.50 bits per heavy atom. The van der Waals surface area contributed by atoms with Crippen LogP contribution in [0.1, 0.15) is 0 Å². The first-order valence-corrected chi connectivity index (χ1v) is 7.12. The summed E-state index contributed by atoms with van der Waals surface area (Å²) in [4.78, 5) is 2.31. The lowest BCUT2D eigenvalue weighted by Gasteiger charge is -2.37. The van der Waals surface area contributed by atoms with Crippen molar-refractivity contribution in [1.82, 2.24) is 4.90 Å². The van der Waals surface area contributed by atoms with E-state index in [4.69, 9.17) is 19.0 Å². The highest BCUT2D eigenvalue weighted by atomic mass is 28.4. The van der Waals surface area contributed by atoms with Crippen molar-refractivity contribution in [2.45, 2.75) is 6.04 Å². The molecule has 2 bridgehead atoms. The van der Waals surface area contributed by atoms with E-state index in [-0.39, 0.29) is 0 Å². The second kappa shape index (κ2) is 4.69. The second-order valence-electron chi connectivity index (χ2n) is 3.61. The maximum absolute atomic E-state index is 5.75. The van der Waals surface area contributed by atoms with E-state index in [0.717, 1.165) is 25.7 Å². The molecule has 14 heavy (non-hydrogen) atoms. The van der Waals surface area contributed by atoms with Gasteiger partial charge in [-0.05, 0) is 6.54 Å². The molecule has 0 aromatic rings. The van der Waals surface area contributed by atoms with Crippen LogP contribution in [0.5, 0.6) is 0 Å². The normalized spacial score (nSPS) is 38.8. The van der Waals surface area contributed by atoms with Crippen LogP contribution >= 0.6 is 0 Å². The predicted octanol–water partition coefficient (Wildman–Crippen LogP) is -0.737. The topological polar surface area (TPSA) is 57.0 Å². The van der Waals surface area contributed by atoms with Crippen LogP contribution in [-0.4, -0.2) is 59.7 Å². The largest absolute Gasteiger partial charge is 0.502 e. The fraction of sp³-hybridized carbons (Fsp3) is 1.00. The van der Waals surface area contributed by atoms with Crippen molar-refractivity contribution >= 4 is 8.80 Å². The summed E-state index contributed by atoms with van der Waals surface area (Å²) < 4.78 is 17.3. The van der Waals surface area contributed by atoms with Crippen LogP contribution in [0.2, 0.25) is 6.04 Å². The van der Waals surface area contributed by atoms with Gasteiger partial charge in [-0.2, -0.15) is 0 Å². The van der Waals surface area contributed by atoms with Gasteiger partial charge in [-0.25, -0.2) is 0 Å². The fourth-order valence-electron chi connectivity index (χ4n) is 1.84. The minimum Gasteiger partial charge on any atom is -0.372 e. The summed E-state index contributed by atoms with van der Waals surface area (Å²) in [6, 6.07) is 0.743. The molecule has 0 spiro atoms. The summed E-state index contributed by atoms with van der Waals surface area (Å²) in [6.07, 6.45) is 0. The van der Waals surface area contributed by atoms with Crippen molar-refractivity contribution in [3.05, 3.63) is 0 Å². The fourth-order valence-corrected chi connectivity index (χ4v) is 4.09. The van der Waals surface area contributed by atoms with Crippen molar-refractivity contribution in [2.24, 2.45) is 5.73 Å². The number of rotatable bonds is 2. The van der Waals surface area contributed by atoms with Crippen LogP contribution in [0.3, 0.4) is 0 Å². The summed E-state index contributed by atoms with van der Waals surface area (Å²) in [7, 11) is -2.38. The number of hydrogen-bond acceptors (Lipinski definition) is 5. The Morgan fingerprint density at radius 3 is 1.93 bits per heavy atom. The summed E-state index contributed by atoms with van der Waals surface area (Å²) in [6.45, 7) is 5.70. The Bertz CT molecular complexity index is 167. The van der Waals surface area contributed by atoms with Gasteiger partial charge in [-0.1, -0.05) is 0 Å². The van der Waals surface area contributed by atoms with E-state index in [1.165, 1.54) is 0 Å². The summed E-state index contributed by atoms with van der Waals surface area (Å²) in [5, 5.41) is 0. The monoisotopic (exact) mass is 218 g/mol. The highest BCUT2D eigenvalue weighted by Gasteiger charge is 2.42. The van der Waals surface area contributed by atoms with Gasteiger partial charge < -0.3 is 19.0 Å². The molecule has 6 heteroatoms. The van der Waals surface area contributed by atoms with Crippen LogP contribution in [0.4, 0.5) is 0 Å². The van der Waals surface area contributed by atoms with Gasteiger partial charge in [0.05, 0.1) is 19.8 Å². The van der Waals surface area contributed by atoms with Crippen molar-refractivity contribution < 1.29 is 13.3 Å². The Hall–Kier alpha value is 0.0169. The molecule has 0 amide bonds. The molecule has 0 saturated carbocycles. The lowest BCUT2D eigenvalue weighted by atomic mass is 10.4. The van der Waals surface area contributed by atoms with Crippen LogP contribution in [0.15, 0.2) is 0 Å². The first-order chi connectivity index (χ1) is 6.85. The molecule has 3 fully saturated rings. The lowest BCUT2D eigenvalue weighted by Crippen LogP contribution is -2.55. The highest BCUT2D eigenvalue weighted by Crippen LogP contribution is 2.19. The maximum Gasteiger partial charge on any atom is 0.502 e. The molecule has 0 aromatic heterocycles. The highest BCUT2D eigenvalue weighted by molar-refractivity contribution is 6.60. The van der Waals surface area contributed by atoms with Gasteiger partial charge >= 0.3 is 8.80 Å². The number of hydrogen-bond donors (Lipinski definition) is 1. The van der Waals surface area contributed by atoms with Crippen molar-refractivity contribution in [3.8, 4) is 0 Å². The third kappa shape index (κ3) is 2.33. The van der Waals surface area contributed by atoms with E-state index in [0.29, 0.717) is 26.4 Å². The molecule has 3 aliphatic rings. The molecule has 5 nitrogen and oxygen atoms in total. The number of nitrogens with two attached hydrogens (primary N) is 1. The molecule has 2 N–H and O–H groups in total. The second-order valence-corrected chi connectivity index (χ2v) is 6.34. The molecule has 0 aromatic carbocycles. The number of fused-ring (bicyclic) bond motifs is 6. The maximum atomic E-state index is 5.75. The van der Waals surface area contributed by atoms with Crippen molar-refractivity contribution in [3.63, 3.8) is 0 Å². The zero-order chi connectivity index (χ0) is 9.86. The molecule has 3 heterocycles. The van der Waals surface area contributed by atoms with Gasteiger partial charge in [-0.15, -0.1) is 0 Å². The Kier molecular flexibility index (Phi) is 3.53. The molecular weight excluding hydrogens is 200 g/mol. The third-order valence-corrected chi connectivity index (χ3v) is 5.47. The predicted molar refractivity (Wildman–Crippen MR) is 53.9 cm³/mol. The Labute approximate surface area is 85.5 Å². The average molecular weight is 218 g/mol. The standard InChI is InChI=1S/C8H18N2O3Si/c9-1-8-14-11-5-2-10(3-6-12-14)4-7-13-14/h1-9H2. The summed E-state index contributed by atoms with van der Waals surface area (Å²) >= 11 is 0. The van der Waals surface area contributed by atoms with Gasteiger partial charge in [0.1, 0.15) is 0 Å². The van der Waals surface area contributed by atoms with Gasteiger partial charge in [-0.3, -0.25) is 4.90 Å². The molecule has 3 rings (SSSR count). The van der Waals surface area contributed by atoms with E-state index in [9.17, 15) is 0 Å². The van der Waals surface area contributed by atoms with Crippen LogP contribution < -0.4 is 5.73 Å². The minimum absolute atomic E-state index is 0.579. The van der Waals surface area contributed by atoms with E-state index >= 15 is 0 Å². The van der Waals surface area contributed by atoms with Gasteiger partial charge in [0.15, 0.2) is 0 Å². The molecule has 3 saturated heterocycles. The van der Waals surface area contributed by atoms with Gasteiger partial charge in [0.25, 0.3) is 0 Å². The molecule has 0 radical (unpaired) electrons. The SMILES string of the molecule is NCC[Si]12OCCN(CCO1)CCO2. The van der Waals surface area contributed by atoms with Gasteiger partial charge in [0.2, 0.25) is 0 Å². The first-order valence-electron chi connectivity index (χ1n) is 5.19. The minimum atomic E-state index is -2.38. The number of nitrogens with zero attached hydrogens (tertiary/aromatic N) is 1. The molecule has 0 aliphatic carbocycles. The van der Waals surface area contributed by atoms with Gasteiger partial charge in [0, 0.05) is 25.7 Å². The quantitative estimate of drug-likeness (QED) is 0.619. The van der Waals surface area contributed by atoms with E-state index in [2.05, 4.69) is 4.90 Å². The molecular formula is C8H18N2O3Si. The van der Waals surface area contributed by atoms with E-state index in [1.807, 2.05) is 0 Å². The zero-order valence-electron chi connectivity index (χ0n) is 8.41. The summed E-state index contributed by atoms with van der Waals surface area (Å²) in [5.41, 5.74) is 5.56. The summed E-state index contributed by atoms with van der Waals surface area (Å²) in [5.74, 6) is 0. The van der Waals surface area contributed by atoms with Crippen LogP contribution in [0.25, 0.3) is 0 Å². The van der Waals surface area contributed by atoms with Crippen LogP contribution in [0, 0.1) is 0 Å². The van der Waals surface area contributed by atoms with Crippen molar-refractivity contribution in [1.29, 1.82) is 0 Å². The third-order valence-electron chi connectivity index (χ3n) is 2.64. The van der Waals surface area contributed by atoms with Crippen molar-refractivity contribution in [2.75, 3.05) is 46.0 Å². The van der Waals surface area contributed by atoms with E-state index < -0.39 is 8.80 Å². The average Bonchev–Trinajstić information content (AvgIpc) is 2.06. The molecule has 0 unspecified atom stereocenters. The molecule has 0 atom stereocenters. The Balaban J connectivity index is 2.04. The smallest absolute Gasteiger partial charge is 0.372 e. The molecule has 82 valence electrons. The van der Waals surface area contributed by atoms with E-state index in [1.54, 1.807) is 0 Å². The Morgan fingerprint density at radius 1 is 1.00 bits per heavy atom. The zero-order valence-corrected chi connectivity index (χ0v) is 9.41. The first kappa shape index (κ1) is 10.5. The van der Waals surface area contributed by atoms with Crippen LogP contribution in [-0.2, 0) is 13.3 Å².